The Kier molecular flexibility index (Phi) is 4.40. The second-order valence-electron chi connectivity index (χ2n) is 4.84. The third-order valence-corrected chi connectivity index (χ3v) is 4.52. The van der Waals surface area contributed by atoms with Gasteiger partial charge in [-0.15, -0.1) is 21.5 Å². The highest BCUT2D eigenvalue weighted by Gasteiger charge is 2.07. The molecule has 0 amide bonds. The molecule has 7 heteroatoms. The van der Waals surface area contributed by atoms with Crippen LogP contribution in [0.2, 0.25) is 0 Å². The average molecular weight is 302 g/mol. The molecule has 0 saturated heterocycles. The molecule has 0 saturated carbocycles. The van der Waals surface area contributed by atoms with Gasteiger partial charge in [-0.3, -0.25) is 0 Å². The van der Waals surface area contributed by atoms with E-state index in [9.17, 15) is 0 Å². The standard InChI is InChI=1S/C14H18N6S/c1-2-11-7-12-13(16-8-17-14(12)21-11)15-5-3-4-6-20-9-18-19-10-20/h7-10H,2-6H2,1H3,(H,15,16,17). The van der Waals surface area contributed by atoms with Crippen molar-refractivity contribution in [3.63, 3.8) is 0 Å². The van der Waals surface area contributed by atoms with E-state index in [-0.39, 0.29) is 0 Å². The summed E-state index contributed by atoms with van der Waals surface area (Å²) in [6, 6.07) is 2.19. The van der Waals surface area contributed by atoms with E-state index >= 15 is 0 Å². The normalized spacial score (nSPS) is 11.1. The highest BCUT2D eigenvalue weighted by Crippen LogP contribution is 2.28. The Labute approximate surface area is 127 Å². The lowest BCUT2D eigenvalue weighted by Crippen LogP contribution is -2.05. The lowest BCUT2D eigenvalue weighted by Gasteiger charge is -2.06. The van der Waals surface area contributed by atoms with E-state index in [1.807, 2.05) is 4.57 Å². The molecule has 0 atom stereocenters. The minimum atomic E-state index is 0.908. The second-order valence-corrected chi connectivity index (χ2v) is 5.96. The molecule has 110 valence electrons. The SMILES string of the molecule is CCc1cc2c(NCCCCn3cnnc3)ncnc2s1. The fourth-order valence-corrected chi connectivity index (χ4v) is 3.12. The Morgan fingerprint density at radius 1 is 1.19 bits per heavy atom. The molecule has 1 N–H and O–H groups in total. The van der Waals surface area contributed by atoms with Gasteiger partial charge in [0.2, 0.25) is 0 Å². The van der Waals surface area contributed by atoms with Crippen molar-refractivity contribution in [3.05, 3.63) is 29.9 Å². The number of unbranched alkanes of at least 4 members (excludes halogenated alkanes) is 1. The van der Waals surface area contributed by atoms with E-state index in [0.717, 1.165) is 48.4 Å². The molecule has 0 radical (unpaired) electrons. The van der Waals surface area contributed by atoms with Crippen LogP contribution in [0.3, 0.4) is 0 Å². The monoisotopic (exact) mass is 302 g/mol. The molecular weight excluding hydrogens is 284 g/mol. The van der Waals surface area contributed by atoms with Gasteiger partial charge in [-0.05, 0) is 25.3 Å². The zero-order valence-corrected chi connectivity index (χ0v) is 12.8. The number of aryl methyl sites for hydroxylation is 2. The van der Waals surface area contributed by atoms with Gasteiger partial charge in [-0.2, -0.15) is 0 Å². The van der Waals surface area contributed by atoms with Crippen molar-refractivity contribution in [1.29, 1.82) is 0 Å². The second kappa shape index (κ2) is 6.62. The Hall–Kier alpha value is -2.02. The van der Waals surface area contributed by atoms with Crippen LogP contribution >= 0.6 is 11.3 Å². The molecule has 0 unspecified atom stereocenters. The van der Waals surface area contributed by atoms with Gasteiger partial charge in [0.25, 0.3) is 0 Å². The van der Waals surface area contributed by atoms with Crippen LogP contribution in [-0.2, 0) is 13.0 Å². The van der Waals surface area contributed by atoms with Gasteiger partial charge in [-0.1, -0.05) is 6.92 Å². The summed E-state index contributed by atoms with van der Waals surface area (Å²) >= 11 is 1.75. The van der Waals surface area contributed by atoms with E-state index < -0.39 is 0 Å². The molecule has 3 rings (SSSR count). The topological polar surface area (TPSA) is 68.5 Å². The van der Waals surface area contributed by atoms with Crippen LogP contribution in [0, 0.1) is 0 Å². The third kappa shape index (κ3) is 3.36. The Morgan fingerprint density at radius 3 is 2.86 bits per heavy atom. The number of thiophene rings is 1. The summed E-state index contributed by atoms with van der Waals surface area (Å²) in [7, 11) is 0. The quantitative estimate of drug-likeness (QED) is 0.680. The maximum Gasteiger partial charge on any atom is 0.138 e. The van der Waals surface area contributed by atoms with Gasteiger partial charge in [-0.25, -0.2) is 9.97 Å². The fourth-order valence-electron chi connectivity index (χ4n) is 2.18. The first-order valence-electron chi connectivity index (χ1n) is 7.16. The first-order chi connectivity index (χ1) is 10.4. The van der Waals surface area contributed by atoms with Gasteiger partial charge >= 0.3 is 0 Å². The van der Waals surface area contributed by atoms with Gasteiger partial charge in [0.15, 0.2) is 0 Å². The number of nitrogens with one attached hydrogen (secondary N) is 1. The summed E-state index contributed by atoms with van der Waals surface area (Å²) in [4.78, 5) is 11.1. The summed E-state index contributed by atoms with van der Waals surface area (Å²) in [5.74, 6) is 0.945. The Morgan fingerprint density at radius 2 is 2.05 bits per heavy atom. The van der Waals surface area contributed by atoms with Crippen molar-refractivity contribution in [2.45, 2.75) is 32.7 Å². The van der Waals surface area contributed by atoms with Gasteiger partial charge in [0, 0.05) is 18.0 Å². The predicted octanol–water partition coefficient (Wildman–Crippen LogP) is 2.74. The molecule has 6 nitrogen and oxygen atoms in total. The van der Waals surface area contributed by atoms with Gasteiger partial charge in [0.1, 0.15) is 29.6 Å². The van der Waals surface area contributed by atoms with Crippen LogP contribution in [0.1, 0.15) is 24.6 Å². The number of anilines is 1. The van der Waals surface area contributed by atoms with Gasteiger partial charge in [0.05, 0.1) is 5.39 Å². The lowest BCUT2D eigenvalue weighted by atomic mass is 10.3. The number of hydrogen-bond donors (Lipinski definition) is 1. The van der Waals surface area contributed by atoms with Crippen LogP contribution in [-0.4, -0.2) is 31.3 Å². The maximum atomic E-state index is 4.36. The van der Waals surface area contributed by atoms with Crippen molar-refractivity contribution < 1.29 is 0 Å². The number of nitrogens with zero attached hydrogens (tertiary/aromatic N) is 5. The van der Waals surface area contributed by atoms with Crippen LogP contribution in [0.25, 0.3) is 10.2 Å². The van der Waals surface area contributed by atoms with Crippen molar-refractivity contribution in [2.24, 2.45) is 0 Å². The maximum absolute atomic E-state index is 4.36. The molecule has 0 aromatic carbocycles. The lowest BCUT2D eigenvalue weighted by molar-refractivity contribution is 0.619. The number of aromatic nitrogens is 5. The molecule has 0 spiro atoms. The van der Waals surface area contributed by atoms with E-state index in [2.05, 4.69) is 38.5 Å². The molecule has 0 bridgehead atoms. The third-order valence-electron chi connectivity index (χ3n) is 3.33. The van der Waals surface area contributed by atoms with E-state index in [1.165, 1.54) is 4.88 Å². The number of rotatable bonds is 7. The molecule has 21 heavy (non-hydrogen) atoms. The fraction of sp³-hybridized carbons (Fsp3) is 0.429. The first kappa shape index (κ1) is 13.9. The highest BCUT2D eigenvalue weighted by atomic mass is 32.1. The number of hydrogen-bond acceptors (Lipinski definition) is 6. The summed E-state index contributed by atoms with van der Waals surface area (Å²) in [5.41, 5.74) is 0. The summed E-state index contributed by atoms with van der Waals surface area (Å²) in [5, 5.41) is 12.1. The first-order valence-corrected chi connectivity index (χ1v) is 7.98. The van der Waals surface area contributed by atoms with E-state index in [0.29, 0.717) is 0 Å². The van der Waals surface area contributed by atoms with Crippen LogP contribution in [0.4, 0.5) is 5.82 Å². The van der Waals surface area contributed by atoms with Crippen molar-refractivity contribution in [3.8, 4) is 0 Å². The summed E-state index contributed by atoms with van der Waals surface area (Å²) < 4.78 is 2.00. The minimum Gasteiger partial charge on any atom is -0.369 e. The minimum absolute atomic E-state index is 0.908. The van der Waals surface area contributed by atoms with Crippen LogP contribution in [0.15, 0.2) is 25.0 Å². The summed E-state index contributed by atoms with van der Waals surface area (Å²) in [6.45, 7) is 4.02. The van der Waals surface area contributed by atoms with Crippen molar-refractivity contribution >= 4 is 27.4 Å². The van der Waals surface area contributed by atoms with Gasteiger partial charge < -0.3 is 9.88 Å². The van der Waals surface area contributed by atoms with E-state index in [1.54, 1.807) is 30.3 Å². The largest absolute Gasteiger partial charge is 0.369 e. The molecule has 0 aliphatic heterocycles. The molecule has 0 aliphatic carbocycles. The molecular formula is C14H18N6S. The zero-order chi connectivity index (χ0) is 14.5. The molecule has 0 aliphatic rings. The predicted molar refractivity (Wildman–Crippen MR) is 84.5 cm³/mol. The van der Waals surface area contributed by atoms with Crippen molar-refractivity contribution in [2.75, 3.05) is 11.9 Å². The van der Waals surface area contributed by atoms with Crippen LogP contribution in [0.5, 0.6) is 0 Å². The molecule has 0 fully saturated rings. The van der Waals surface area contributed by atoms with E-state index in [4.69, 9.17) is 0 Å². The highest BCUT2D eigenvalue weighted by molar-refractivity contribution is 7.18. The Balaban J connectivity index is 1.54. The zero-order valence-electron chi connectivity index (χ0n) is 12.0. The number of fused-ring (bicyclic) bond motifs is 1. The molecule has 3 heterocycles. The van der Waals surface area contributed by atoms with Crippen molar-refractivity contribution in [1.82, 2.24) is 24.7 Å². The summed E-state index contributed by atoms with van der Waals surface area (Å²) in [6.07, 6.45) is 8.34. The Bertz CT molecular complexity index is 691. The average Bonchev–Trinajstić information content (AvgIpc) is 3.15. The molecule has 3 aromatic heterocycles. The molecule has 3 aromatic rings. The smallest absolute Gasteiger partial charge is 0.138 e. The van der Waals surface area contributed by atoms with Crippen LogP contribution < -0.4 is 5.32 Å².